The average molecular weight is 546 g/mol. The summed E-state index contributed by atoms with van der Waals surface area (Å²) in [4.78, 5) is 37.9. The molecule has 0 saturated carbocycles. The normalized spacial score (nSPS) is 11.6. The average Bonchev–Trinajstić information content (AvgIpc) is 2.95. The molecule has 10 heteroatoms. The molecule has 3 aromatic rings. The van der Waals surface area contributed by atoms with Gasteiger partial charge in [-0.15, -0.1) is 0 Å². The van der Waals surface area contributed by atoms with Gasteiger partial charge in [-0.1, -0.05) is 42.5 Å². The van der Waals surface area contributed by atoms with Crippen LogP contribution in [-0.2, 0) is 27.4 Å². The first kappa shape index (κ1) is 29.8. The number of alkyl carbamates (subject to hydrolysis) is 1. The number of carbonyl (C=O) groups is 3. The van der Waals surface area contributed by atoms with Gasteiger partial charge in [0.05, 0.1) is 17.8 Å². The van der Waals surface area contributed by atoms with E-state index in [1.807, 2.05) is 97.9 Å². The Morgan fingerprint density at radius 1 is 0.875 bits per heavy atom. The van der Waals surface area contributed by atoms with Gasteiger partial charge in [-0.25, -0.2) is 9.59 Å². The first-order chi connectivity index (χ1) is 19.3. The van der Waals surface area contributed by atoms with Gasteiger partial charge in [0.1, 0.15) is 12.6 Å². The number of aliphatic carboxylic acids is 1. The van der Waals surface area contributed by atoms with Crippen LogP contribution in [-0.4, -0.2) is 49.8 Å². The van der Waals surface area contributed by atoms with Gasteiger partial charge in [-0.2, -0.15) is 10.2 Å². The standard InChI is InChI=1S/C30H35N5O5/c1-35(2)26-16-14-24(15-17-26)33-34-25-12-8-11-23(19-25)20-28(36)31-18-7-6-13-27(29(37)38)32-30(39)40-21-22-9-4-3-5-10-22/h3-5,8-12,14-17,19,27H,6-7,13,18,20-21H2,1-2H3,(H,31,36)(H,32,39)(H,37,38). The van der Waals surface area contributed by atoms with Crippen molar-refractivity contribution in [1.29, 1.82) is 0 Å². The summed E-state index contributed by atoms with van der Waals surface area (Å²) in [6, 6.07) is 23.1. The van der Waals surface area contributed by atoms with Crippen molar-refractivity contribution in [3.05, 3.63) is 90.0 Å². The molecular weight excluding hydrogens is 510 g/mol. The summed E-state index contributed by atoms with van der Waals surface area (Å²) in [6.45, 7) is 0.452. The van der Waals surface area contributed by atoms with E-state index in [9.17, 15) is 19.5 Å². The number of nitrogens with one attached hydrogen (secondary N) is 2. The quantitative estimate of drug-likeness (QED) is 0.184. The maximum atomic E-state index is 12.4. The van der Waals surface area contributed by atoms with Crippen LogP contribution in [0.5, 0.6) is 0 Å². The Morgan fingerprint density at radius 2 is 1.57 bits per heavy atom. The zero-order chi connectivity index (χ0) is 28.7. The number of carboxylic acid groups (broad SMARTS) is 1. The molecule has 0 aromatic heterocycles. The number of rotatable bonds is 14. The highest BCUT2D eigenvalue weighted by Crippen LogP contribution is 2.22. The lowest BCUT2D eigenvalue weighted by molar-refractivity contribution is -0.139. The molecule has 3 rings (SSSR count). The molecule has 0 radical (unpaired) electrons. The van der Waals surface area contributed by atoms with Crippen molar-refractivity contribution in [3.63, 3.8) is 0 Å². The minimum absolute atomic E-state index is 0.0572. The molecule has 210 valence electrons. The van der Waals surface area contributed by atoms with E-state index < -0.39 is 18.1 Å². The number of carboxylic acids is 1. The molecule has 1 atom stereocenters. The van der Waals surface area contributed by atoms with E-state index in [2.05, 4.69) is 20.9 Å². The molecule has 3 aromatic carbocycles. The van der Waals surface area contributed by atoms with Crippen molar-refractivity contribution in [3.8, 4) is 0 Å². The summed E-state index contributed by atoms with van der Waals surface area (Å²) < 4.78 is 5.10. The van der Waals surface area contributed by atoms with Crippen LogP contribution < -0.4 is 15.5 Å². The Bertz CT molecular complexity index is 1280. The number of hydrogen-bond acceptors (Lipinski definition) is 7. The van der Waals surface area contributed by atoms with Gasteiger partial charge in [0.2, 0.25) is 5.91 Å². The number of nitrogens with zero attached hydrogens (tertiary/aromatic N) is 3. The number of unbranched alkanes of at least 4 members (excludes halogenated alkanes) is 1. The van der Waals surface area contributed by atoms with Gasteiger partial charge >= 0.3 is 12.1 Å². The molecule has 0 spiro atoms. The molecule has 0 saturated heterocycles. The van der Waals surface area contributed by atoms with Gasteiger partial charge in [0.15, 0.2) is 0 Å². The number of ether oxygens (including phenoxy) is 1. The van der Waals surface area contributed by atoms with E-state index >= 15 is 0 Å². The molecule has 1 unspecified atom stereocenters. The third-order valence-electron chi connectivity index (χ3n) is 5.97. The van der Waals surface area contributed by atoms with E-state index in [1.54, 1.807) is 0 Å². The van der Waals surface area contributed by atoms with Crippen LogP contribution in [0.1, 0.15) is 30.4 Å². The molecule has 0 fully saturated rings. The highest BCUT2D eigenvalue weighted by molar-refractivity contribution is 5.80. The van der Waals surface area contributed by atoms with Gasteiger partial charge < -0.3 is 25.4 Å². The summed E-state index contributed by atoms with van der Waals surface area (Å²) in [7, 11) is 3.94. The van der Waals surface area contributed by atoms with Gasteiger partial charge in [0, 0.05) is 26.3 Å². The van der Waals surface area contributed by atoms with Crippen molar-refractivity contribution < 1.29 is 24.2 Å². The number of benzene rings is 3. The van der Waals surface area contributed by atoms with E-state index in [4.69, 9.17) is 4.74 Å². The Morgan fingerprint density at radius 3 is 2.27 bits per heavy atom. The van der Waals surface area contributed by atoms with Crippen molar-refractivity contribution in [2.75, 3.05) is 25.5 Å². The lowest BCUT2D eigenvalue weighted by Crippen LogP contribution is -2.41. The molecule has 3 N–H and O–H groups in total. The Labute approximate surface area is 234 Å². The lowest BCUT2D eigenvalue weighted by atomic mass is 10.1. The summed E-state index contributed by atoms with van der Waals surface area (Å²) in [5.74, 6) is -1.28. The van der Waals surface area contributed by atoms with E-state index in [0.29, 0.717) is 25.1 Å². The Hall–Kier alpha value is -4.73. The van der Waals surface area contributed by atoms with Crippen LogP contribution in [0.15, 0.2) is 89.1 Å². The summed E-state index contributed by atoms with van der Waals surface area (Å²) >= 11 is 0. The second-order valence-corrected chi connectivity index (χ2v) is 9.40. The van der Waals surface area contributed by atoms with E-state index in [-0.39, 0.29) is 25.4 Å². The van der Waals surface area contributed by atoms with Crippen molar-refractivity contribution in [1.82, 2.24) is 10.6 Å². The number of anilines is 1. The number of amides is 2. The first-order valence-corrected chi connectivity index (χ1v) is 13.0. The van der Waals surface area contributed by atoms with Crippen LogP contribution in [0.4, 0.5) is 21.9 Å². The lowest BCUT2D eigenvalue weighted by Gasteiger charge is -2.14. The third kappa shape index (κ3) is 10.6. The highest BCUT2D eigenvalue weighted by atomic mass is 16.5. The van der Waals surface area contributed by atoms with Gasteiger partial charge in [-0.3, -0.25) is 4.79 Å². The highest BCUT2D eigenvalue weighted by Gasteiger charge is 2.20. The SMILES string of the molecule is CN(C)c1ccc(N=Nc2cccc(CC(=O)NCCCCC(NC(=O)OCc3ccccc3)C(=O)O)c2)cc1. The third-order valence-corrected chi connectivity index (χ3v) is 5.97. The van der Waals surface area contributed by atoms with Crippen molar-refractivity contribution in [2.45, 2.75) is 38.3 Å². The van der Waals surface area contributed by atoms with Crippen molar-refractivity contribution in [2.24, 2.45) is 10.2 Å². The molecule has 0 bridgehead atoms. The zero-order valence-corrected chi connectivity index (χ0v) is 22.7. The molecule has 40 heavy (non-hydrogen) atoms. The maximum Gasteiger partial charge on any atom is 0.408 e. The second kappa shape index (κ2) is 15.6. The molecular formula is C30H35N5O5. The fraction of sp³-hybridized carbons (Fsp3) is 0.300. The fourth-order valence-electron chi connectivity index (χ4n) is 3.78. The Balaban J connectivity index is 1.36. The van der Waals surface area contributed by atoms with E-state index in [1.165, 1.54) is 0 Å². The Kier molecular flexibility index (Phi) is 11.6. The van der Waals surface area contributed by atoms with Crippen LogP contribution in [0.2, 0.25) is 0 Å². The van der Waals surface area contributed by atoms with Gasteiger partial charge in [-0.05, 0) is 66.8 Å². The van der Waals surface area contributed by atoms with Crippen LogP contribution in [0.25, 0.3) is 0 Å². The zero-order valence-electron chi connectivity index (χ0n) is 22.7. The summed E-state index contributed by atoms with van der Waals surface area (Å²) in [6.07, 6.45) is 0.691. The molecule has 2 amide bonds. The smallest absolute Gasteiger partial charge is 0.408 e. The van der Waals surface area contributed by atoms with Crippen molar-refractivity contribution >= 4 is 35.0 Å². The summed E-state index contributed by atoms with van der Waals surface area (Å²) in [5.41, 5.74) is 4.07. The largest absolute Gasteiger partial charge is 0.480 e. The fourth-order valence-corrected chi connectivity index (χ4v) is 3.78. The number of carbonyl (C=O) groups excluding carboxylic acids is 2. The predicted octanol–water partition coefficient (Wildman–Crippen LogP) is 5.38. The topological polar surface area (TPSA) is 133 Å². The molecule has 0 aliphatic carbocycles. The maximum absolute atomic E-state index is 12.4. The second-order valence-electron chi connectivity index (χ2n) is 9.40. The van der Waals surface area contributed by atoms with Crippen LogP contribution >= 0.6 is 0 Å². The van der Waals surface area contributed by atoms with Crippen LogP contribution in [0.3, 0.4) is 0 Å². The first-order valence-electron chi connectivity index (χ1n) is 13.0. The monoisotopic (exact) mass is 545 g/mol. The molecule has 10 nitrogen and oxygen atoms in total. The predicted molar refractivity (Wildman–Crippen MR) is 153 cm³/mol. The van der Waals surface area contributed by atoms with E-state index in [0.717, 1.165) is 22.5 Å². The number of hydrogen-bond donors (Lipinski definition) is 3. The number of azo groups is 1. The minimum Gasteiger partial charge on any atom is -0.480 e. The van der Waals surface area contributed by atoms with Gasteiger partial charge in [0.25, 0.3) is 0 Å². The summed E-state index contributed by atoms with van der Waals surface area (Å²) in [5, 5.41) is 23.2. The molecule has 0 aliphatic rings. The molecule has 0 heterocycles. The molecule has 0 aliphatic heterocycles. The van der Waals surface area contributed by atoms with Crippen LogP contribution in [0, 0.1) is 0 Å². The minimum atomic E-state index is -1.14.